The number of methoxy groups -OCH3 is 2. The summed E-state index contributed by atoms with van der Waals surface area (Å²) in [6, 6.07) is 5.69. The number of hydrogen-bond acceptors (Lipinski definition) is 5. The molecule has 1 aromatic carbocycles. The van der Waals surface area contributed by atoms with Crippen molar-refractivity contribution in [3.8, 4) is 11.5 Å². The summed E-state index contributed by atoms with van der Waals surface area (Å²) < 4.78 is 16.1. The van der Waals surface area contributed by atoms with Crippen LogP contribution in [0.5, 0.6) is 11.5 Å². The fourth-order valence-electron chi connectivity index (χ4n) is 4.25. The van der Waals surface area contributed by atoms with Crippen molar-refractivity contribution in [3.63, 3.8) is 0 Å². The summed E-state index contributed by atoms with van der Waals surface area (Å²) in [4.78, 5) is 25.2. The highest BCUT2D eigenvalue weighted by Gasteiger charge is 2.75. The number of carbonyl (C=O) groups is 2. The Labute approximate surface area is 154 Å². The molecule has 1 heterocycles. The number of ether oxygens (including phenoxy) is 3. The highest BCUT2D eigenvalue weighted by atomic mass is 16.6. The van der Waals surface area contributed by atoms with Crippen LogP contribution in [0.4, 0.5) is 0 Å². The van der Waals surface area contributed by atoms with Crippen molar-refractivity contribution in [2.24, 2.45) is 10.8 Å². The van der Waals surface area contributed by atoms with E-state index in [1.807, 2.05) is 39.0 Å². The molecule has 0 radical (unpaired) electrons. The van der Waals surface area contributed by atoms with Crippen LogP contribution in [0.3, 0.4) is 0 Å². The van der Waals surface area contributed by atoms with Crippen LogP contribution in [0, 0.1) is 10.8 Å². The Morgan fingerprint density at radius 3 is 2.38 bits per heavy atom. The first-order valence-corrected chi connectivity index (χ1v) is 8.94. The monoisotopic (exact) mass is 361 g/mol. The smallest absolute Gasteiger partial charge is 0.313 e. The number of benzene rings is 1. The van der Waals surface area contributed by atoms with Gasteiger partial charge in [0.2, 0.25) is 0 Å². The third kappa shape index (κ3) is 2.38. The fraction of sp³-hybridized carbons (Fsp3) is 0.600. The first-order chi connectivity index (χ1) is 12.2. The second kappa shape index (κ2) is 6.18. The van der Waals surface area contributed by atoms with Crippen molar-refractivity contribution in [3.05, 3.63) is 23.8 Å². The van der Waals surface area contributed by atoms with E-state index in [1.165, 1.54) is 0 Å². The molecule has 1 amide bonds. The maximum Gasteiger partial charge on any atom is 0.313 e. The molecule has 6 heteroatoms. The molecule has 1 aliphatic carbocycles. The van der Waals surface area contributed by atoms with Gasteiger partial charge >= 0.3 is 5.97 Å². The second-order valence-corrected chi connectivity index (χ2v) is 7.87. The molecule has 2 aliphatic rings. The number of fused-ring (bicyclic) bond motifs is 2. The van der Waals surface area contributed by atoms with Crippen molar-refractivity contribution in [2.75, 3.05) is 20.8 Å². The van der Waals surface area contributed by atoms with Crippen LogP contribution in [0.15, 0.2) is 18.2 Å². The van der Waals surface area contributed by atoms with Gasteiger partial charge < -0.3 is 19.5 Å². The zero-order chi connectivity index (χ0) is 19.2. The largest absolute Gasteiger partial charge is 0.493 e. The summed E-state index contributed by atoms with van der Waals surface area (Å²) in [7, 11) is 3.19. The fourth-order valence-corrected chi connectivity index (χ4v) is 4.25. The number of esters is 1. The predicted octanol–water partition coefficient (Wildman–Crippen LogP) is 2.48. The summed E-state index contributed by atoms with van der Waals surface area (Å²) in [5.74, 6) is 0.873. The summed E-state index contributed by atoms with van der Waals surface area (Å²) in [6.45, 7) is 6.28. The molecule has 1 aromatic rings. The van der Waals surface area contributed by atoms with Crippen molar-refractivity contribution < 1.29 is 23.8 Å². The lowest BCUT2D eigenvalue weighted by molar-refractivity contribution is -0.168. The lowest BCUT2D eigenvalue weighted by atomic mass is 9.66. The lowest BCUT2D eigenvalue weighted by Crippen LogP contribution is -2.53. The SMILES string of the molecule is COc1ccc(CCNC(=O)[C@]23CC[C@](C)(C(=O)O2)C3(C)C)cc1OC. The van der Waals surface area contributed by atoms with Gasteiger partial charge in [-0.2, -0.15) is 0 Å². The third-order valence-electron chi connectivity index (χ3n) is 6.60. The van der Waals surface area contributed by atoms with E-state index >= 15 is 0 Å². The minimum atomic E-state index is -1.06. The average molecular weight is 361 g/mol. The van der Waals surface area contributed by atoms with Crippen LogP contribution in [0.25, 0.3) is 0 Å². The van der Waals surface area contributed by atoms with Crippen LogP contribution in [0.2, 0.25) is 0 Å². The molecule has 2 bridgehead atoms. The van der Waals surface area contributed by atoms with E-state index in [-0.39, 0.29) is 11.9 Å². The average Bonchev–Trinajstić information content (AvgIpc) is 2.91. The highest BCUT2D eigenvalue weighted by molar-refractivity contribution is 5.96. The standard InChI is InChI=1S/C20H27NO5/c1-18(2)19(3)9-10-20(18,26-17(19)23)16(22)21-11-8-13-6-7-14(24-4)15(12-13)25-5/h6-7,12H,8-11H2,1-5H3,(H,21,22)/t19-,20+/m1/s1. The first-order valence-electron chi connectivity index (χ1n) is 8.94. The van der Waals surface area contributed by atoms with Crippen LogP contribution >= 0.6 is 0 Å². The maximum absolute atomic E-state index is 12.9. The minimum absolute atomic E-state index is 0.197. The number of rotatable bonds is 6. The molecule has 26 heavy (non-hydrogen) atoms. The molecule has 0 aromatic heterocycles. The molecule has 3 rings (SSSR count). The second-order valence-electron chi connectivity index (χ2n) is 7.87. The van der Waals surface area contributed by atoms with Crippen LogP contribution in [0.1, 0.15) is 39.2 Å². The zero-order valence-electron chi connectivity index (χ0n) is 16.1. The van der Waals surface area contributed by atoms with Crippen LogP contribution < -0.4 is 14.8 Å². The molecule has 0 unspecified atom stereocenters. The van der Waals surface area contributed by atoms with E-state index in [4.69, 9.17) is 14.2 Å². The Kier molecular flexibility index (Phi) is 4.41. The summed E-state index contributed by atoms with van der Waals surface area (Å²) in [6.07, 6.45) is 1.90. The topological polar surface area (TPSA) is 73.9 Å². The molecule has 6 nitrogen and oxygen atoms in total. The van der Waals surface area contributed by atoms with Gasteiger partial charge in [-0.05, 0) is 43.9 Å². The molecule has 2 fully saturated rings. The molecule has 2 atom stereocenters. The van der Waals surface area contributed by atoms with Gasteiger partial charge in [-0.3, -0.25) is 9.59 Å². The molecular weight excluding hydrogens is 334 g/mol. The Morgan fingerprint density at radius 1 is 1.15 bits per heavy atom. The molecule has 1 saturated heterocycles. The van der Waals surface area contributed by atoms with Gasteiger partial charge in [0.1, 0.15) is 0 Å². The normalized spacial score (nSPS) is 28.6. The van der Waals surface area contributed by atoms with E-state index in [9.17, 15) is 9.59 Å². The van der Waals surface area contributed by atoms with Gasteiger partial charge in [-0.25, -0.2) is 0 Å². The van der Waals surface area contributed by atoms with Crippen molar-refractivity contribution in [2.45, 2.75) is 45.6 Å². The maximum atomic E-state index is 12.9. The van der Waals surface area contributed by atoms with E-state index in [1.54, 1.807) is 14.2 Å². The van der Waals surface area contributed by atoms with Crippen molar-refractivity contribution >= 4 is 11.9 Å². The number of amides is 1. The van der Waals surface area contributed by atoms with Crippen molar-refractivity contribution in [1.82, 2.24) is 5.32 Å². The third-order valence-corrected chi connectivity index (χ3v) is 6.60. The molecule has 1 N–H and O–H groups in total. The summed E-state index contributed by atoms with van der Waals surface area (Å²) >= 11 is 0. The van der Waals surface area contributed by atoms with Gasteiger partial charge in [-0.15, -0.1) is 0 Å². The highest BCUT2D eigenvalue weighted by Crippen LogP contribution is 2.65. The first kappa shape index (κ1) is 18.5. The van der Waals surface area contributed by atoms with Gasteiger partial charge in [-0.1, -0.05) is 19.9 Å². The predicted molar refractivity (Wildman–Crippen MR) is 96.2 cm³/mol. The molecule has 142 valence electrons. The number of hydrogen-bond donors (Lipinski definition) is 1. The van der Waals surface area contributed by atoms with E-state index in [0.29, 0.717) is 37.3 Å². The van der Waals surface area contributed by atoms with Gasteiger partial charge in [0, 0.05) is 12.0 Å². The quantitative estimate of drug-likeness (QED) is 0.788. The van der Waals surface area contributed by atoms with Crippen molar-refractivity contribution in [1.29, 1.82) is 0 Å². The molecule has 0 spiro atoms. The van der Waals surface area contributed by atoms with E-state index in [2.05, 4.69) is 5.32 Å². The van der Waals surface area contributed by atoms with Crippen LogP contribution in [-0.4, -0.2) is 38.2 Å². The van der Waals surface area contributed by atoms with E-state index < -0.39 is 16.4 Å². The lowest BCUT2D eigenvalue weighted by Gasteiger charge is -2.35. The van der Waals surface area contributed by atoms with Crippen LogP contribution in [-0.2, 0) is 20.7 Å². The summed E-state index contributed by atoms with van der Waals surface area (Å²) in [5.41, 5.74) is -1.14. The Balaban J connectivity index is 1.66. The van der Waals surface area contributed by atoms with Gasteiger partial charge in [0.15, 0.2) is 17.1 Å². The minimum Gasteiger partial charge on any atom is -0.493 e. The Morgan fingerprint density at radius 2 is 1.85 bits per heavy atom. The Bertz CT molecular complexity index is 744. The zero-order valence-corrected chi connectivity index (χ0v) is 16.1. The molecule has 1 saturated carbocycles. The number of carbonyl (C=O) groups excluding carboxylic acids is 2. The van der Waals surface area contributed by atoms with Gasteiger partial charge in [0.05, 0.1) is 19.6 Å². The van der Waals surface area contributed by atoms with E-state index in [0.717, 1.165) is 5.56 Å². The van der Waals surface area contributed by atoms with Gasteiger partial charge in [0.25, 0.3) is 5.91 Å². The Hall–Kier alpha value is -2.24. The molecular formula is C20H27NO5. The molecule has 1 aliphatic heterocycles. The summed E-state index contributed by atoms with van der Waals surface area (Å²) in [5, 5.41) is 2.96. The number of nitrogens with one attached hydrogen (secondary N) is 1.